The van der Waals surface area contributed by atoms with Gasteiger partial charge in [-0.1, -0.05) is 11.6 Å². The van der Waals surface area contributed by atoms with Crippen molar-refractivity contribution in [2.45, 2.75) is 37.8 Å². The van der Waals surface area contributed by atoms with Crippen LogP contribution in [0.4, 0.5) is 16.3 Å². The number of fused-ring (bicyclic) bond motifs is 4. The lowest BCUT2D eigenvalue weighted by Crippen LogP contribution is -2.34. The Hall–Kier alpha value is -3.78. The van der Waals surface area contributed by atoms with Gasteiger partial charge in [0.1, 0.15) is 29.2 Å². The lowest BCUT2D eigenvalue weighted by molar-refractivity contribution is -0.116. The highest BCUT2D eigenvalue weighted by molar-refractivity contribution is 6.30. The fraction of sp³-hybridized carbons (Fsp3) is 0.240. The predicted octanol–water partition coefficient (Wildman–Crippen LogP) is 4.77. The molecule has 3 atom stereocenters. The Balaban J connectivity index is 1.15. The van der Waals surface area contributed by atoms with Crippen molar-refractivity contribution in [3.05, 3.63) is 70.4 Å². The lowest BCUT2D eigenvalue weighted by atomic mass is 10.1. The topological polar surface area (TPSA) is 102 Å². The van der Waals surface area contributed by atoms with Gasteiger partial charge in [-0.05, 0) is 61.4 Å². The minimum Gasteiger partial charge on any atom is -0.487 e. The fourth-order valence-corrected chi connectivity index (χ4v) is 4.86. The molecule has 8 nitrogen and oxygen atoms in total. The summed E-state index contributed by atoms with van der Waals surface area (Å²) >= 11 is 5.99. The third-order valence-electron chi connectivity index (χ3n) is 6.39. The third-order valence-corrected chi connectivity index (χ3v) is 6.63. The standard InChI is InChI=1S/C25H21ClN4O4/c1-12-10-13(26)2-5-17(12)28-25(32)30-22-21-16-11-14(3-6-18(16)34-23(21)22)33-19-8-9-27-24-15(19)4-7-20(31)29-24/h2-3,5-6,8-11,21-23H,4,7H2,1H3,(H,27,29,31)(H2,28,30,32)/t21-,22?,23-/m0/s1. The number of carbonyl (C=O) groups is 2. The highest BCUT2D eigenvalue weighted by atomic mass is 35.5. The Morgan fingerprint density at radius 1 is 1.21 bits per heavy atom. The van der Waals surface area contributed by atoms with Gasteiger partial charge in [0.2, 0.25) is 5.91 Å². The molecule has 0 bridgehead atoms. The molecule has 3 aliphatic rings. The van der Waals surface area contributed by atoms with Gasteiger partial charge in [0.05, 0.1) is 12.0 Å². The van der Waals surface area contributed by atoms with Crippen LogP contribution in [0.25, 0.3) is 0 Å². The molecule has 0 spiro atoms. The van der Waals surface area contributed by atoms with Gasteiger partial charge in [-0.25, -0.2) is 9.78 Å². The van der Waals surface area contributed by atoms with Gasteiger partial charge in [-0.2, -0.15) is 0 Å². The molecular formula is C25H21ClN4O4. The smallest absolute Gasteiger partial charge is 0.319 e. The summed E-state index contributed by atoms with van der Waals surface area (Å²) < 4.78 is 12.2. The number of nitrogens with zero attached hydrogens (tertiary/aromatic N) is 1. The molecule has 0 saturated heterocycles. The van der Waals surface area contributed by atoms with E-state index in [4.69, 9.17) is 21.1 Å². The number of pyridine rings is 1. The van der Waals surface area contributed by atoms with Crippen LogP contribution in [0.5, 0.6) is 17.2 Å². The molecule has 1 unspecified atom stereocenters. The molecule has 1 aromatic heterocycles. The van der Waals surface area contributed by atoms with Gasteiger partial charge in [0.25, 0.3) is 0 Å². The van der Waals surface area contributed by atoms with Gasteiger partial charge < -0.3 is 25.4 Å². The minimum atomic E-state index is -0.284. The first kappa shape index (κ1) is 20.8. The molecular weight excluding hydrogens is 456 g/mol. The van der Waals surface area contributed by atoms with Crippen LogP contribution in [0.1, 0.15) is 29.0 Å². The zero-order valence-electron chi connectivity index (χ0n) is 18.2. The van der Waals surface area contributed by atoms with Crippen LogP contribution >= 0.6 is 11.6 Å². The average Bonchev–Trinajstić information content (AvgIpc) is 3.32. The number of aromatic nitrogens is 1. The minimum absolute atomic E-state index is 0.0413. The number of anilines is 2. The Kier molecular flexibility index (Phi) is 4.84. The summed E-state index contributed by atoms with van der Waals surface area (Å²) in [7, 11) is 0. The van der Waals surface area contributed by atoms with Crippen LogP contribution in [0.2, 0.25) is 5.02 Å². The van der Waals surface area contributed by atoms with Crippen molar-refractivity contribution in [2.75, 3.05) is 10.6 Å². The molecule has 34 heavy (non-hydrogen) atoms. The van der Waals surface area contributed by atoms with Crippen LogP contribution in [0, 0.1) is 6.92 Å². The molecule has 1 aliphatic carbocycles. The van der Waals surface area contributed by atoms with Gasteiger partial charge in [-0.3, -0.25) is 4.79 Å². The van der Waals surface area contributed by atoms with Crippen LogP contribution in [0.15, 0.2) is 48.7 Å². The maximum atomic E-state index is 12.5. The van der Waals surface area contributed by atoms with Crippen molar-refractivity contribution in [1.29, 1.82) is 0 Å². The van der Waals surface area contributed by atoms with E-state index in [1.54, 1.807) is 30.5 Å². The summed E-state index contributed by atoms with van der Waals surface area (Å²) in [6.45, 7) is 1.89. The van der Waals surface area contributed by atoms with Crippen LogP contribution < -0.4 is 25.4 Å². The molecule has 2 aliphatic heterocycles. The Labute approximate surface area is 200 Å². The molecule has 1 saturated carbocycles. The van der Waals surface area contributed by atoms with E-state index in [2.05, 4.69) is 20.9 Å². The normalized spacial score (nSPS) is 21.4. The van der Waals surface area contributed by atoms with E-state index in [9.17, 15) is 9.59 Å². The first-order valence-electron chi connectivity index (χ1n) is 11.1. The number of nitrogens with one attached hydrogen (secondary N) is 3. The molecule has 172 valence electrons. The maximum absolute atomic E-state index is 12.5. The average molecular weight is 477 g/mol. The number of halogens is 1. The highest BCUT2D eigenvalue weighted by Gasteiger charge is 2.59. The van der Waals surface area contributed by atoms with E-state index < -0.39 is 0 Å². The Bertz CT molecular complexity index is 1340. The first-order chi connectivity index (χ1) is 16.5. The van der Waals surface area contributed by atoms with E-state index >= 15 is 0 Å². The molecule has 1 fully saturated rings. The fourth-order valence-electron chi connectivity index (χ4n) is 4.63. The van der Waals surface area contributed by atoms with Crippen molar-refractivity contribution in [3.63, 3.8) is 0 Å². The number of ether oxygens (including phenoxy) is 2. The van der Waals surface area contributed by atoms with E-state index in [0.29, 0.717) is 40.9 Å². The SMILES string of the molecule is Cc1cc(Cl)ccc1NC(=O)NC1[C@H]2Oc3ccc(Oc4ccnc5c4CCC(=O)N5)cc3[C@@H]12. The second-order valence-corrected chi connectivity index (χ2v) is 9.11. The summed E-state index contributed by atoms with van der Waals surface area (Å²) in [5, 5.41) is 9.29. The molecule has 3 aromatic rings. The third kappa shape index (κ3) is 3.70. The summed E-state index contributed by atoms with van der Waals surface area (Å²) in [4.78, 5) is 28.4. The number of hydrogen-bond acceptors (Lipinski definition) is 5. The number of benzene rings is 2. The number of aryl methyl sites for hydroxylation is 1. The molecule has 3 amide bonds. The van der Waals surface area contributed by atoms with Crippen LogP contribution in [-0.2, 0) is 11.2 Å². The zero-order chi connectivity index (χ0) is 23.4. The Morgan fingerprint density at radius 3 is 2.94 bits per heavy atom. The predicted molar refractivity (Wildman–Crippen MR) is 127 cm³/mol. The lowest BCUT2D eigenvalue weighted by Gasteiger charge is -2.19. The molecule has 2 aromatic carbocycles. The van der Waals surface area contributed by atoms with Crippen molar-refractivity contribution in [3.8, 4) is 17.2 Å². The van der Waals surface area contributed by atoms with E-state index in [0.717, 1.165) is 22.4 Å². The number of urea groups is 1. The second-order valence-electron chi connectivity index (χ2n) is 8.68. The number of hydrogen-bond donors (Lipinski definition) is 3. The van der Waals surface area contributed by atoms with Crippen molar-refractivity contribution < 1.29 is 19.1 Å². The molecule has 9 heteroatoms. The second kappa shape index (κ2) is 7.92. The van der Waals surface area contributed by atoms with Crippen molar-refractivity contribution >= 4 is 35.0 Å². The number of carbonyl (C=O) groups excluding carboxylic acids is 2. The maximum Gasteiger partial charge on any atom is 0.319 e. The van der Waals surface area contributed by atoms with Gasteiger partial charge in [0.15, 0.2) is 0 Å². The van der Waals surface area contributed by atoms with Crippen molar-refractivity contribution in [1.82, 2.24) is 10.3 Å². The van der Waals surface area contributed by atoms with Gasteiger partial charge in [0, 0.05) is 34.5 Å². The Morgan fingerprint density at radius 2 is 2.09 bits per heavy atom. The van der Waals surface area contributed by atoms with E-state index in [-0.39, 0.29) is 30.0 Å². The monoisotopic (exact) mass is 476 g/mol. The van der Waals surface area contributed by atoms with Gasteiger partial charge >= 0.3 is 6.03 Å². The highest BCUT2D eigenvalue weighted by Crippen LogP contribution is 2.54. The summed E-state index contributed by atoms with van der Waals surface area (Å²) in [5.41, 5.74) is 3.49. The van der Waals surface area contributed by atoms with E-state index in [1.165, 1.54) is 0 Å². The molecule has 3 heterocycles. The summed E-state index contributed by atoms with van der Waals surface area (Å²) in [6.07, 6.45) is 2.51. The van der Waals surface area contributed by atoms with Crippen LogP contribution in [0.3, 0.4) is 0 Å². The summed E-state index contributed by atoms with van der Waals surface area (Å²) in [6, 6.07) is 12.4. The molecule has 0 radical (unpaired) electrons. The molecule has 6 rings (SSSR count). The largest absolute Gasteiger partial charge is 0.487 e. The summed E-state index contributed by atoms with van der Waals surface area (Å²) in [5.74, 6) is 2.72. The van der Waals surface area contributed by atoms with E-state index in [1.807, 2.05) is 25.1 Å². The zero-order valence-corrected chi connectivity index (χ0v) is 19.0. The number of rotatable bonds is 4. The van der Waals surface area contributed by atoms with Crippen LogP contribution in [-0.4, -0.2) is 29.1 Å². The molecule has 3 N–H and O–H groups in total. The van der Waals surface area contributed by atoms with Gasteiger partial charge in [-0.15, -0.1) is 0 Å². The quantitative estimate of drug-likeness (QED) is 0.503. The van der Waals surface area contributed by atoms with Crippen molar-refractivity contribution in [2.24, 2.45) is 0 Å². The first-order valence-corrected chi connectivity index (χ1v) is 11.4. The number of amides is 3.